The zero-order valence-electron chi connectivity index (χ0n) is 17.2. The fourth-order valence-electron chi connectivity index (χ4n) is 5.04. The summed E-state index contributed by atoms with van der Waals surface area (Å²) in [4.78, 5) is 6.88. The first-order valence-electron chi connectivity index (χ1n) is 10.9. The van der Waals surface area contributed by atoms with Gasteiger partial charge in [0.25, 0.3) is 0 Å². The van der Waals surface area contributed by atoms with Crippen molar-refractivity contribution in [2.75, 3.05) is 13.1 Å². The van der Waals surface area contributed by atoms with Crippen molar-refractivity contribution in [3.8, 4) is 11.5 Å². The highest BCUT2D eigenvalue weighted by Gasteiger charge is 2.58. The zero-order chi connectivity index (χ0) is 20.8. The van der Waals surface area contributed by atoms with E-state index in [2.05, 4.69) is 20.1 Å². The molecular formula is C25H23FN4O. The highest BCUT2D eigenvalue weighted by molar-refractivity contribution is 5.82. The minimum Gasteiger partial charge on any atom is -0.420 e. The Bertz CT molecular complexity index is 1230. The van der Waals surface area contributed by atoms with Crippen molar-refractivity contribution in [1.82, 2.24) is 20.1 Å². The summed E-state index contributed by atoms with van der Waals surface area (Å²) < 4.78 is 20.1. The Morgan fingerprint density at radius 3 is 2.68 bits per heavy atom. The van der Waals surface area contributed by atoms with Crippen LogP contribution in [-0.4, -0.2) is 33.2 Å². The summed E-state index contributed by atoms with van der Waals surface area (Å²) in [6.07, 6.45) is 5.10. The first-order valence-corrected chi connectivity index (χ1v) is 10.9. The van der Waals surface area contributed by atoms with Gasteiger partial charge in [0.05, 0.1) is 5.52 Å². The molecular weight excluding hydrogens is 391 g/mol. The van der Waals surface area contributed by atoms with Gasteiger partial charge in [-0.25, -0.2) is 4.39 Å². The topological polar surface area (TPSA) is 55.1 Å². The van der Waals surface area contributed by atoms with E-state index in [-0.39, 0.29) is 5.82 Å². The first kappa shape index (κ1) is 18.6. The van der Waals surface area contributed by atoms with Crippen molar-refractivity contribution in [1.29, 1.82) is 0 Å². The van der Waals surface area contributed by atoms with E-state index in [1.807, 2.05) is 36.4 Å². The largest absolute Gasteiger partial charge is 0.420 e. The summed E-state index contributed by atoms with van der Waals surface area (Å²) in [6, 6.07) is 16.9. The molecule has 156 valence electrons. The number of hydrogen-bond acceptors (Lipinski definition) is 5. The van der Waals surface area contributed by atoms with Crippen LogP contribution >= 0.6 is 0 Å². The second-order valence-electron chi connectivity index (χ2n) is 8.81. The van der Waals surface area contributed by atoms with E-state index in [1.165, 1.54) is 0 Å². The van der Waals surface area contributed by atoms with Crippen LogP contribution < -0.4 is 0 Å². The molecule has 1 spiro atoms. The lowest BCUT2D eigenvalue weighted by molar-refractivity contribution is 0.160. The second kappa shape index (κ2) is 7.24. The average molecular weight is 414 g/mol. The Balaban J connectivity index is 1.13. The summed E-state index contributed by atoms with van der Waals surface area (Å²) in [5.74, 6) is 1.54. The molecule has 0 amide bonds. The van der Waals surface area contributed by atoms with Crippen molar-refractivity contribution in [2.45, 2.75) is 31.7 Å². The molecule has 1 atom stereocenters. The molecule has 1 saturated heterocycles. The van der Waals surface area contributed by atoms with Crippen LogP contribution in [0.1, 0.15) is 36.6 Å². The molecule has 2 aliphatic rings. The number of nitrogens with zero attached hydrogens (tertiary/aromatic N) is 4. The summed E-state index contributed by atoms with van der Waals surface area (Å²) >= 11 is 0. The lowest BCUT2D eigenvalue weighted by atomic mass is 9.90. The fourth-order valence-corrected chi connectivity index (χ4v) is 5.04. The van der Waals surface area contributed by atoms with Crippen molar-refractivity contribution >= 4 is 10.9 Å². The Labute approximate surface area is 179 Å². The van der Waals surface area contributed by atoms with E-state index in [0.29, 0.717) is 22.6 Å². The van der Waals surface area contributed by atoms with Crippen LogP contribution in [0.5, 0.6) is 0 Å². The summed E-state index contributed by atoms with van der Waals surface area (Å²) in [5.41, 5.74) is 3.11. The number of pyridine rings is 1. The van der Waals surface area contributed by atoms with Gasteiger partial charge in [0, 0.05) is 29.6 Å². The molecule has 31 heavy (non-hydrogen) atoms. The molecule has 2 fully saturated rings. The molecule has 5 nitrogen and oxygen atoms in total. The number of fused-ring (bicyclic) bond motifs is 1. The second-order valence-corrected chi connectivity index (χ2v) is 8.81. The number of likely N-dealkylation sites (tertiary alicyclic amines) is 1. The molecule has 1 aliphatic heterocycles. The van der Waals surface area contributed by atoms with Gasteiger partial charge in [0.1, 0.15) is 5.82 Å². The minimum atomic E-state index is -0.209. The minimum absolute atomic E-state index is 0.209. The lowest BCUT2D eigenvalue weighted by Crippen LogP contribution is -2.34. The van der Waals surface area contributed by atoms with Crippen LogP contribution in [0.2, 0.25) is 0 Å². The normalized spacial score (nSPS) is 20.4. The molecule has 6 rings (SSSR count). The van der Waals surface area contributed by atoms with Crippen molar-refractivity contribution in [3.63, 3.8) is 0 Å². The maximum absolute atomic E-state index is 14.1. The van der Waals surface area contributed by atoms with Gasteiger partial charge in [-0.2, -0.15) is 0 Å². The summed E-state index contributed by atoms with van der Waals surface area (Å²) in [7, 11) is 0. The van der Waals surface area contributed by atoms with Crippen molar-refractivity contribution in [2.24, 2.45) is 5.41 Å². The first-order chi connectivity index (χ1) is 15.2. The van der Waals surface area contributed by atoms with Gasteiger partial charge in [0.2, 0.25) is 11.8 Å². The third-order valence-corrected chi connectivity index (χ3v) is 7.00. The van der Waals surface area contributed by atoms with Crippen LogP contribution in [0, 0.1) is 11.2 Å². The monoisotopic (exact) mass is 414 g/mol. The van der Waals surface area contributed by atoms with Crippen LogP contribution in [-0.2, 0) is 6.54 Å². The SMILES string of the molecule is Fc1ccc(CN2CCC3(CC2)C[C@@H]3c2nnc(-c3ccccc3)o2)c2ncccc12. The van der Waals surface area contributed by atoms with Crippen LogP contribution in [0.15, 0.2) is 65.2 Å². The Morgan fingerprint density at radius 1 is 1.00 bits per heavy atom. The van der Waals surface area contributed by atoms with E-state index >= 15 is 0 Å². The maximum Gasteiger partial charge on any atom is 0.247 e. The van der Waals surface area contributed by atoms with E-state index < -0.39 is 0 Å². The molecule has 1 saturated carbocycles. The number of halogens is 1. The van der Waals surface area contributed by atoms with Crippen molar-refractivity contribution in [3.05, 3.63) is 78.1 Å². The molecule has 0 N–H and O–H groups in total. The third-order valence-electron chi connectivity index (χ3n) is 7.00. The van der Waals surface area contributed by atoms with E-state index in [9.17, 15) is 4.39 Å². The van der Waals surface area contributed by atoms with Gasteiger partial charge in [-0.15, -0.1) is 10.2 Å². The number of rotatable bonds is 4. The molecule has 1 aliphatic carbocycles. The van der Waals surface area contributed by atoms with Gasteiger partial charge in [-0.1, -0.05) is 24.3 Å². The number of aromatic nitrogens is 3. The molecule has 2 aromatic heterocycles. The number of hydrogen-bond donors (Lipinski definition) is 0. The Morgan fingerprint density at radius 2 is 1.84 bits per heavy atom. The van der Waals surface area contributed by atoms with Crippen LogP contribution in [0.3, 0.4) is 0 Å². The molecule has 2 aromatic carbocycles. The van der Waals surface area contributed by atoms with E-state index in [4.69, 9.17) is 4.42 Å². The zero-order valence-corrected chi connectivity index (χ0v) is 17.2. The van der Waals surface area contributed by atoms with E-state index in [0.717, 1.165) is 61.4 Å². The van der Waals surface area contributed by atoms with Gasteiger partial charge >= 0.3 is 0 Å². The quantitative estimate of drug-likeness (QED) is 0.460. The molecule has 3 heterocycles. The average Bonchev–Trinajstić information content (AvgIpc) is 3.28. The maximum atomic E-state index is 14.1. The standard InChI is InChI=1S/C25H23FN4O/c26-21-9-8-18(22-19(21)7-4-12-27-22)16-30-13-10-25(11-14-30)15-20(25)24-29-28-23(31-24)17-5-2-1-3-6-17/h1-9,12,20H,10-11,13-16H2/t20-/m1/s1. The predicted octanol–water partition coefficient (Wildman–Crippen LogP) is 5.19. The van der Waals surface area contributed by atoms with Crippen LogP contribution in [0.25, 0.3) is 22.4 Å². The predicted molar refractivity (Wildman–Crippen MR) is 116 cm³/mol. The smallest absolute Gasteiger partial charge is 0.247 e. The fraction of sp³-hybridized carbons (Fsp3) is 0.320. The third kappa shape index (κ3) is 3.31. The molecule has 0 radical (unpaired) electrons. The highest BCUT2D eigenvalue weighted by atomic mass is 19.1. The van der Waals surface area contributed by atoms with Gasteiger partial charge < -0.3 is 4.42 Å². The molecule has 4 aromatic rings. The molecule has 0 unspecified atom stereocenters. The summed E-state index contributed by atoms with van der Waals surface area (Å²) in [5, 5.41) is 9.23. The van der Waals surface area contributed by atoms with Gasteiger partial charge in [-0.05, 0) is 73.7 Å². The Hall–Kier alpha value is -3.12. The van der Waals surface area contributed by atoms with Crippen LogP contribution in [0.4, 0.5) is 4.39 Å². The van der Waals surface area contributed by atoms with Crippen molar-refractivity contribution < 1.29 is 8.81 Å². The number of benzene rings is 2. The highest BCUT2D eigenvalue weighted by Crippen LogP contribution is 2.64. The Kier molecular flexibility index (Phi) is 4.35. The van der Waals surface area contributed by atoms with Gasteiger partial charge in [0.15, 0.2) is 0 Å². The van der Waals surface area contributed by atoms with E-state index in [1.54, 1.807) is 24.4 Å². The molecule has 6 heteroatoms. The number of piperidine rings is 1. The van der Waals surface area contributed by atoms with Gasteiger partial charge in [-0.3, -0.25) is 9.88 Å². The summed E-state index contributed by atoms with van der Waals surface area (Å²) in [6.45, 7) is 2.83. The molecule has 0 bridgehead atoms. The lowest BCUT2D eigenvalue weighted by Gasteiger charge is -2.32.